The van der Waals surface area contributed by atoms with E-state index in [1.165, 1.54) is 28.6 Å². The number of halogens is 1. The second-order valence-corrected chi connectivity index (χ2v) is 10.5. The summed E-state index contributed by atoms with van der Waals surface area (Å²) >= 11 is 1.56. The van der Waals surface area contributed by atoms with E-state index >= 15 is 0 Å². The Balaban J connectivity index is 1.41. The fourth-order valence-corrected chi connectivity index (χ4v) is 6.09. The highest BCUT2D eigenvalue weighted by Gasteiger charge is 2.27. The maximum Gasteiger partial charge on any atom is 0.243 e. The maximum absolute atomic E-state index is 13.2. The van der Waals surface area contributed by atoms with E-state index in [4.69, 9.17) is 14.5 Å². The molecule has 1 saturated heterocycles. The summed E-state index contributed by atoms with van der Waals surface area (Å²) in [6, 6.07) is 10.7. The van der Waals surface area contributed by atoms with Gasteiger partial charge in [-0.05, 0) is 55.4 Å². The monoisotopic (exact) mass is 491 g/mol. The van der Waals surface area contributed by atoms with Crippen LogP contribution in [0.1, 0.15) is 12.1 Å². The van der Waals surface area contributed by atoms with Gasteiger partial charge in [0, 0.05) is 37.1 Å². The van der Waals surface area contributed by atoms with Crippen molar-refractivity contribution in [1.29, 1.82) is 0 Å². The van der Waals surface area contributed by atoms with Crippen molar-refractivity contribution in [3.63, 3.8) is 0 Å². The Labute approximate surface area is 197 Å². The number of ether oxygens (including phenoxy) is 2. The fourth-order valence-electron chi connectivity index (χ4n) is 3.81. The third-order valence-electron chi connectivity index (χ3n) is 5.57. The van der Waals surface area contributed by atoms with Crippen LogP contribution in [0.2, 0.25) is 0 Å². The predicted molar refractivity (Wildman–Crippen MR) is 126 cm³/mol. The molecule has 2 heterocycles. The van der Waals surface area contributed by atoms with E-state index in [1.54, 1.807) is 25.6 Å². The molecule has 10 heteroatoms. The second kappa shape index (κ2) is 10.2. The SMILES string of the molecule is COc1ccc(-c2nc(CN3CCCN(S(=O)(=O)c4ccc(F)cc4)CC3)cs2)cc1OC. The van der Waals surface area contributed by atoms with Crippen LogP contribution in [0.25, 0.3) is 10.6 Å². The number of methoxy groups -OCH3 is 2. The molecule has 0 radical (unpaired) electrons. The minimum Gasteiger partial charge on any atom is -0.493 e. The van der Waals surface area contributed by atoms with E-state index in [-0.39, 0.29) is 4.90 Å². The Hall–Kier alpha value is -2.53. The molecule has 3 aromatic rings. The van der Waals surface area contributed by atoms with Crippen LogP contribution in [0.4, 0.5) is 4.39 Å². The number of rotatable bonds is 7. The normalized spacial score (nSPS) is 15.8. The van der Waals surface area contributed by atoms with E-state index in [0.29, 0.717) is 44.1 Å². The van der Waals surface area contributed by atoms with Crippen molar-refractivity contribution in [3.05, 3.63) is 59.4 Å². The molecule has 176 valence electrons. The van der Waals surface area contributed by atoms with Crippen molar-refractivity contribution in [2.75, 3.05) is 40.4 Å². The first kappa shape index (κ1) is 23.6. The maximum atomic E-state index is 13.2. The van der Waals surface area contributed by atoms with Crippen LogP contribution in [-0.2, 0) is 16.6 Å². The lowest BCUT2D eigenvalue weighted by Gasteiger charge is -2.21. The standard InChI is InChI=1S/C23H26FN3O4S2/c1-30-21-9-4-17(14-22(21)31-2)23-25-19(16-32-23)15-26-10-3-11-27(13-12-26)33(28,29)20-7-5-18(24)6-8-20/h4-9,14,16H,3,10-13,15H2,1-2H3. The summed E-state index contributed by atoms with van der Waals surface area (Å²) in [5.74, 6) is 0.871. The lowest BCUT2D eigenvalue weighted by molar-refractivity contribution is 0.276. The minimum absolute atomic E-state index is 0.122. The molecule has 1 aliphatic rings. The number of hydrogen-bond acceptors (Lipinski definition) is 7. The largest absolute Gasteiger partial charge is 0.493 e. The van der Waals surface area contributed by atoms with Gasteiger partial charge in [0.15, 0.2) is 11.5 Å². The molecule has 1 fully saturated rings. The average molecular weight is 492 g/mol. The summed E-state index contributed by atoms with van der Waals surface area (Å²) in [5.41, 5.74) is 1.90. The molecule has 0 amide bonds. The van der Waals surface area contributed by atoms with Gasteiger partial charge in [-0.3, -0.25) is 4.90 Å². The van der Waals surface area contributed by atoms with E-state index in [1.807, 2.05) is 23.6 Å². The van der Waals surface area contributed by atoms with Crippen molar-refractivity contribution in [2.45, 2.75) is 17.9 Å². The van der Waals surface area contributed by atoms with Gasteiger partial charge in [-0.1, -0.05) is 0 Å². The van der Waals surface area contributed by atoms with Gasteiger partial charge in [-0.2, -0.15) is 4.31 Å². The molecule has 0 bridgehead atoms. The van der Waals surface area contributed by atoms with Gasteiger partial charge in [-0.25, -0.2) is 17.8 Å². The lowest BCUT2D eigenvalue weighted by atomic mass is 10.2. The van der Waals surface area contributed by atoms with Gasteiger partial charge >= 0.3 is 0 Å². The molecule has 0 atom stereocenters. The van der Waals surface area contributed by atoms with Crippen LogP contribution in [0, 0.1) is 5.82 Å². The van der Waals surface area contributed by atoms with Crippen molar-refractivity contribution in [2.24, 2.45) is 0 Å². The summed E-state index contributed by atoms with van der Waals surface area (Å²) in [4.78, 5) is 7.11. The van der Waals surface area contributed by atoms with Crippen LogP contribution in [-0.4, -0.2) is 63.0 Å². The Kier molecular flexibility index (Phi) is 7.28. The molecule has 2 aromatic carbocycles. The smallest absolute Gasteiger partial charge is 0.243 e. The zero-order valence-corrected chi connectivity index (χ0v) is 20.2. The first-order valence-electron chi connectivity index (χ1n) is 10.6. The van der Waals surface area contributed by atoms with E-state index in [9.17, 15) is 12.8 Å². The molecule has 1 aromatic heterocycles. The lowest BCUT2D eigenvalue weighted by Crippen LogP contribution is -2.35. The Bertz CT molecular complexity index is 1200. The van der Waals surface area contributed by atoms with Crippen molar-refractivity contribution in [3.8, 4) is 22.1 Å². The van der Waals surface area contributed by atoms with Crippen LogP contribution in [0.5, 0.6) is 11.5 Å². The highest BCUT2D eigenvalue weighted by molar-refractivity contribution is 7.89. The highest BCUT2D eigenvalue weighted by atomic mass is 32.2. The Morgan fingerprint density at radius 1 is 1.00 bits per heavy atom. The van der Waals surface area contributed by atoms with Crippen LogP contribution in [0.15, 0.2) is 52.7 Å². The van der Waals surface area contributed by atoms with E-state index < -0.39 is 15.8 Å². The molecule has 1 aliphatic heterocycles. The summed E-state index contributed by atoms with van der Waals surface area (Å²) in [6.45, 7) is 2.84. The molecule has 0 saturated carbocycles. The van der Waals surface area contributed by atoms with Gasteiger partial charge in [-0.15, -0.1) is 11.3 Å². The van der Waals surface area contributed by atoms with Crippen molar-refractivity contribution >= 4 is 21.4 Å². The molecule has 0 spiro atoms. The summed E-state index contributed by atoms with van der Waals surface area (Å²) in [7, 11) is -0.430. The molecular formula is C23H26FN3O4S2. The van der Waals surface area contributed by atoms with Crippen molar-refractivity contribution in [1.82, 2.24) is 14.2 Å². The van der Waals surface area contributed by atoms with Crippen LogP contribution < -0.4 is 9.47 Å². The zero-order chi connectivity index (χ0) is 23.4. The Morgan fingerprint density at radius 2 is 1.76 bits per heavy atom. The summed E-state index contributed by atoms with van der Waals surface area (Å²) < 4.78 is 51.2. The third-order valence-corrected chi connectivity index (χ3v) is 8.42. The van der Waals surface area contributed by atoms with Crippen LogP contribution in [0.3, 0.4) is 0 Å². The number of nitrogens with zero attached hydrogens (tertiary/aromatic N) is 3. The molecule has 4 rings (SSSR count). The summed E-state index contributed by atoms with van der Waals surface area (Å²) in [6.07, 6.45) is 0.715. The average Bonchev–Trinajstić information content (AvgIpc) is 3.15. The second-order valence-electron chi connectivity index (χ2n) is 7.70. The minimum atomic E-state index is -3.64. The third kappa shape index (κ3) is 5.35. The number of hydrogen-bond donors (Lipinski definition) is 0. The highest BCUT2D eigenvalue weighted by Crippen LogP contribution is 2.33. The van der Waals surface area contributed by atoms with Gasteiger partial charge in [0.2, 0.25) is 10.0 Å². The number of sulfonamides is 1. The first-order valence-corrected chi connectivity index (χ1v) is 12.9. The molecular weight excluding hydrogens is 465 g/mol. The first-order chi connectivity index (χ1) is 15.9. The quantitative estimate of drug-likeness (QED) is 0.500. The van der Waals surface area contributed by atoms with E-state index in [0.717, 1.165) is 22.8 Å². The number of aromatic nitrogens is 1. The van der Waals surface area contributed by atoms with Gasteiger partial charge < -0.3 is 9.47 Å². The van der Waals surface area contributed by atoms with Gasteiger partial charge in [0.05, 0.1) is 24.8 Å². The number of benzene rings is 2. The Morgan fingerprint density at radius 3 is 2.48 bits per heavy atom. The molecule has 0 aliphatic carbocycles. The molecule has 33 heavy (non-hydrogen) atoms. The van der Waals surface area contributed by atoms with Gasteiger partial charge in [0.1, 0.15) is 10.8 Å². The van der Waals surface area contributed by atoms with Crippen molar-refractivity contribution < 1.29 is 22.3 Å². The number of thiazole rings is 1. The van der Waals surface area contributed by atoms with Crippen LogP contribution >= 0.6 is 11.3 Å². The van der Waals surface area contributed by atoms with Gasteiger partial charge in [0.25, 0.3) is 0 Å². The predicted octanol–water partition coefficient (Wildman–Crippen LogP) is 3.86. The molecule has 0 unspecified atom stereocenters. The van der Waals surface area contributed by atoms with E-state index in [2.05, 4.69) is 4.90 Å². The summed E-state index contributed by atoms with van der Waals surface area (Å²) in [5, 5.41) is 2.92. The fraction of sp³-hybridized carbons (Fsp3) is 0.348. The molecule has 7 nitrogen and oxygen atoms in total. The molecule has 0 N–H and O–H groups in total. The topological polar surface area (TPSA) is 72.0 Å². The zero-order valence-electron chi connectivity index (χ0n) is 18.5.